The molecule has 1 N–H and O–H groups in total. The molecule has 0 aromatic carbocycles. The van der Waals surface area contributed by atoms with Crippen molar-refractivity contribution in [1.82, 2.24) is 15.1 Å². The van der Waals surface area contributed by atoms with Gasteiger partial charge >= 0.3 is 0 Å². The van der Waals surface area contributed by atoms with E-state index in [0.29, 0.717) is 0 Å². The molecule has 1 saturated carbocycles. The number of rotatable bonds is 7. The fraction of sp³-hybridized carbons (Fsp3) is 0.889. The zero-order chi connectivity index (χ0) is 14.8. The molecule has 0 radical (unpaired) electrons. The van der Waals surface area contributed by atoms with Crippen LogP contribution in [0.15, 0.2) is 0 Å². The predicted octanol–water partition coefficient (Wildman–Crippen LogP) is 2.33. The Labute approximate surface area is 131 Å². The van der Waals surface area contributed by atoms with Crippen molar-refractivity contribution in [2.75, 3.05) is 45.8 Å². The molecule has 1 aliphatic carbocycles. The third-order valence-electron chi connectivity index (χ3n) is 4.93. The summed E-state index contributed by atoms with van der Waals surface area (Å²) in [4.78, 5) is 5.41. The number of nitrogens with zero attached hydrogens (tertiary/aromatic N) is 2. The molecule has 0 spiro atoms. The zero-order valence-corrected chi connectivity index (χ0v) is 13.9. The summed E-state index contributed by atoms with van der Waals surface area (Å²) in [7, 11) is 0. The summed E-state index contributed by atoms with van der Waals surface area (Å²) in [5.41, 5.74) is 0. The lowest BCUT2D eigenvalue weighted by Crippen LogP contribution is -2.51. The lowest BCUT2D eigenvalue weighted by Gasteiger charge is -2.40. The van der Waals surface area contributed by atoms with Gasteiger partial charge in [-0.25, -0.2) is 0 Å². The molecule has 0 bridgehead atoms. The smallest absolute Gasteiger partial charge is 0.0214 e. The summed E-state index contributed by atoms with van der Waals surface area (Å²) in [6.07, 6.45) is 9.53. The van der Waals surface area contributed by atoms with Gasteiger partial charge in [0.05, 0.1) is 0 Å². The van der Waals surface area contributed by atoms with E-state index in [0.717, 1.165) is 25.6 Å². The second-order valence-electron chi connectivity index (χ2n) is 6.45. The van der Waals surface area contributed by atoms with Crippen LogP contribution in [0.25, 0.3) is 0 Å². The van der Waals surface area contributed by atoms with Crippen LogP contribution >= 0.6 is 0 Å². The van der Waals surface area contributed by atoms with Crippen molar-refractivity contribution >= 4 is 0 Å². The molecule has 1 saturated heterocycles. The van der Waals surface area contributed by atoms with Crippen LogP contribution in [-0.2, 0) is 0 Å². The van der Waals surface area contributed by atoms with E-state index in [1.165, 1.54) is 71.2 Å². The molecule has 120 valence electrons. The third-order valence-corrected chi connectivity index (χ3v) is 4.93. The maximum atomic E-state index is 3.48. The van der Waals surface area contributed by atoms with Crippen LogP contribution in [-0.4, -0.2) is 61.7 Å². The fourth-order valence-electron chi connectivity index (χ4n) is 3.63. The summed E-state index contributed by atoms with van der Waals surface area (Å²) >= 11 is 0. The van der Waals surface area contributed by atoms with E-state index in [-0.39, 0.29) is 0 Å². The van der Waals surface area contributed by atoms with Crippen LogP contribution in [0.5, 0.6) is 0 Å². The summed E-state index contributed by atoms with van der Waals surface area (Å²) in [5, 5.41) is 3.48. The Morgan fingerprint density at radius 1 is 1.00 bits per heavy atom. The normalized spacial score (nSPS) is 22.0. The Morgan fingerprint density at radius 2 is 1.76 bits per heavy atom. The third kappa shape index (κ3) is 6.38. The number of piperazine rings is 1. The second kappa shape index (κ2) is 10.2. The molecular weight excluding hydrogens is 258 g/mol. The van der Waals surface area contributed by atoms with E-state index in [1.807, 2.05) is 6.92 Å². The Bertz CT molecular complexity index is 317. The topological polar surface area (TPSA) is 18.5 Å². The van der Waals surface area contributed by atoms with Gasteiger partial charge in [0.15, 0.2) is 0 Å². The fourth-order valence-corrected chi connectivity index (χ4v) is 3.63. The van der Waals surface area contributed by atoms with Crippen molar-refractivity contribution in [3.63, 3.8) is 0 Å². The Balaban J connectivity index is 1.49. The molecule has 3 heteroatoms. The minimum atomic E-state index is 0.905. The van der Waals surface area contributed by atoms with Gasteiger partial charge in [-0.1, -0.05) is 19.3 Å². The lowest BCUT2D eigenvalue weighted by atomic mass is 9.94. The molecule has 0 atom stereocenters. The lowest BCUT2D eigenvalue weighted by molar-refractivity contribution is 0.0785. The molecule has 0 aromatic rings. The molecular formula is C18H33N3. The number of nitrogens with one attached hydrogen (secondary N) is 1. The van der Waals surface area contributed by atoms with Crippen LogP contribution in [0.4, 0.5) is 0 Å². The first-order valence-corrected chi connectivity index (χ1v) is 8.97. The second-order valence-corrected chi connectivity index (χ2v) is 6.45. The van der Waals surface area contributed by atoms with Gasteiger partial charge in [-0.15, -0.1) is 11.8 Å². The van der Waals surface area contributed by atoms with E-state index in [4.69, 9.17) is 0 Å². The molecule has 2 aliphatic rings. The van der Waals surface area contributed by atoms with Crippen molar-refractivity contribution in [3.05, 3.63) is 0 Å². The van der Waals surface area contributed by atoms with E-state index in [2.05, 4.69) is 27.0 Å². The van der Waals surface area contributed by atoms with E-state index in [1.54, 1.807) is 0 Å². The monoisotopic (exact) mass is 291 g/mol. The maximum Gasteiger partial charge on any atom is 0.0214 e. The standard InChI is InChI=1S/C18H33N3/c1-2-3-7-11-19-12-8-13-20-14-16-21(17-15-20)18-9-5-4-6-10-18/h18-19H,4-17H2,1H3. The van der Waals surface area contributed by atoms with Crippen molar-refractivity contribution in [1.29, 1.82) is 0 Å². The minimum Gasteiger partial charge on any atom is -0.316 e. The zero-order valence-electron chi connectivity index (χ0n) is 13.9. The Kier molecular flexibility index (Phi) is 8.17. The van der Waals surface area contributed by atoms with Crippen LogP contribution < -0.4 is 5.32 Å². The first-order chi connectivity index (χ1) is 10.4. The largest absolute Gasteiger partial charge is 0.316 e. The van der Waals surface area contributed by atoms with E-state index in [9.17, 15) is 0 Å². The average molecular weight is 291 g/mol. The van der Waals surface area contributed by atoms with Crippen LogP contribution in [0.3, 0.4) is 0 Å². The van der Waals surface area contributed by atoms with Crippen LogP contribution in [0.2, 0.25) is 0 Å². The van der Waals surface area contributed by atoms with Crippen molar-refractivity contribution < 1.29 is 0 Å². The molecule has 2 fully saturated rings. The molecule has 21 heavy (non-hydrogen) atoms. The van der Waals surface area contributed by atoms with Gasteiger partial charge in [0.2, 0.25) is 0 Å². The average Bonchev–Trinajstić information content (AvgIpc) is 2.55. The van der Waals surface area contributed by atoms with E-state index < -0.39 is 0 Å². The molecule has 1 heterocycles. The number of hydrogen-bond acceptors (Lipinski definition) is 3. The summed E-state index contributed by atoms with van der Waals surface area (Å²) in [6.45, 7) is 10.5. The quantitative estimate of drug-likeness (QED) is 0.574. The van der Waals surface area contributed by atoms with Gasteiger partial charge < -0.3 is 10.2 Å². The SMILES string of the molecule is CC#CCCNCCCN1CCN(C2CCCCC2)CC1. The van der Waals surface area contributed by atoms with Crippen LogP contribution in [0, 0.1) is 11.8 Å². The highest BCUT2D eigenvalue weighted by molar-refractivity contribution is 4.95. The highest BCUT2D eigenvalue weighted by atomic mass is 15.3. The van der Waals surface area contributed by atoms with Gasteiger partial charge in [0, 0.05) is 45.2 Å². The van der Waals surface area contributed by atoms with Crippen molar-refractivity contribution in [3.8, 4) is 11.8 Å². The van der Waals surface area contributed by atoms with Gasteiger partial charge in [0.25, 0.3) is 0 Å². The van der Waals surface area contributed by atoms with Gasteiger partial charge in [0.1, 0.15) is 0 Å². The predicted molar refractivity (Wildman–Crippen MR) is 90.4 cm³/mol. The molecule has 0 unspecified atom stereocenters. The maximum absolute atomic E-state index is 3.48. The summed E-state index contributed by atoms with van der Waals surface area (Å²) in [6, 6.07) is 0.905. The Hall–Kier alpha value is -0.560. The van der Waals surface area contributed by atoms with Gasteiger partial charge in [-0.2, -0.15) is 0 Å². The first kappa shape index (κ1) is 16.8. The highest BCUT2D eigenvalue weighted by Gasteiger charge is 2.24. The first-order valence-electron chi connectivity index (χ1n) is 8.97. The Morgan fingerprint density at radius 3 is 2.48 bits per heavy atom. The molecule has 1 aliphatic heterocycles. The minimum absolute atomic E-state index is 0.905. The molecule has 0 aromatic heterocycles. The van der Waals surface area contributed by atoms with Crippen LogP contribution in [0.1, 0.15) is 51.9 Å². The van der Waals surface area contributed by atoms with E-state index >= 15 is 0 Å². The highest BCUT2D eigenvalue weighted by Crippen LogP contribution is 2.23. The summed E-state index contributed by atoms with van der Waals surface area (Å²) < 4.78 is 0. The van der Waals surface area contributed by atoms with Crippen molar-refractivity contribution in [2.24, 2.45) is 0 Å². The number of hydrogen-bond donors (Lipinski definition) is 1. The molecule has 2 rings (SSSR count). The van der Waals surface area contributed by atoms with Gasteiger partial charge in [-0.05, 0) is 39.3 Å². The molecule has 0 amide bonds. The molecule has 3 nitrogen and oxygen atoms in total. The summed E-state index contributed by atoms with van der Waals surface area (Å²) in [5.74, 6) is 6.03. The van der Waals surface area contributed by atoms with Gasteiger partial charge in [-0.3, -0.25) is 4.90 Å². The van der Waals surface area contributed by atoms with Crippen molar-refractivity contribution in [2.45, 2.75) is 57.9 Å².